The van der Waals surface area contributed by atoms with E-state index >= 15 is 0 Å². The van der Waals surface area contributed by atoms with Crippen LogP contribution in [0, 0.1) is 0 Å². The van der Waals surface area contributed by atoms with Gasteiger partial charge in [0.05, 0.1) is 12.0 Å². The van der Waals surface area contributed by atoms with E-state index in [1.54, 1.807) is 31.3 Å². The molecule has 1 aromatic rings. The van der Waals surface area contributed by atoms with E-state index in [1.165, 1.54) is 7.11 Å². The van der Waals surface area contributed by atoms with Crippen LogP contribution in [0.3, 0.4) is 0 Å². The molecule has 0 radical (unpaired) electrons. The molecule has 1 aliphatic heterocycles. The van der Waals surface area contributed by atoms with Gasteiger partial charge in [0.1, 0.15) is 10.6 Å². The van der Waals surface area contributed by atoms with Crippen molar-refractivity contribution >= 4 is 15.9 Å². The van der Waals surface area contributed by atoms with Crippen LogP contribution in [0.5, 0.6) is 5.75 Å². The second kappa shape index (κ2) is 3.92. The lowest BCUT2D eigenvalue weighted by molar-refractivity contribution is 0.403. The lowest BCUT2D eigenvalue weighted by Crippen LogP contribution is -2.15. The van der Waals surface area contributed by atoms with Crippen molar-refractivity contribution in [3.8, 4) is 5.75 Å². The molecule has 0 bridgehead atoms. The zero-order valence-corrected chi connectivity index (χ0v) is 9.97. The summed E-state index contributed by atoms with van der Waals surface area (Å²) < 4.78 is 29.4. The summed E-state index contributed by atoms with van der Waals surface area (Å²) in [6, 6.07) is 5.22. The van der Waals surface area contributed by atoms with Crippen LogP contribution in [0.15, 0.2) is 28.0 Å². The van der Waals surface area contributed by atoms with Crippen LogP contribution in [-0.4, -0.2) is 29.1 Å². The van der Waals surface area contributed by atoms with Gasteiger partial charge < -0.3 is 10.1 Å². The first-order chi connectivity index (χ1) is 7.61. The smallest absolute Gasteiger partial charge is 0.208 e. The van der Waals surface area contributed by atoms with Crippen LogP contribution in [0.2, 0.25) is 0 Å². The minimum absolute atomic E-state index is 0.280. The molecule has 1 N–H and O–H groups in total. The third-order valence-corrected chi connectivity index (χ3v) is 4.44. The van der Waals surface area contributed by atoms with Crippen molar-refractivity contribution in [1.29, 1.82) is 0 Å². The van der Waals surface area contributed by atoms with Crippen molar-refractivity contribution in [2.75, 3.05) is 20.7 Å². The summed E-state index contributed by atoms with van der Waals surface area (Å²) in [4.78, 5) is 0.664. The minimum Gasteiger partial charge on any atom is -0.495 e. The van der Waals surface area contributed by atoms with Crippen LogP contribution < -0.4 is 10.1 Å². The summed E-state index contributed by atoms with van der Waals surface area (Å²) in [6.45, 7) is 0.333. The molecule has 0 atom stereocenters. The van der Waals surface area contributed by atoms with Crippen molar-refractivity contribution in [2.24, 2.45) is 0 Å². The Morgan fingerprint density at radius 3 is 2.75 bits per heavy atom. The molecular weight excluding hydrogens is 226 g/mol. The first kappa shape index (κ1) is 11.2. The summed E-state index contributed by atoms with van der Waals surface area (Å²) in [7, 11) is -0.185. The summed E-state index contributed by atoms with van der Waals surface area (Å²) >= 11 is 0. The molecule has 0 aromatic heterocycles. The maximum atomic E-state index is 12.2. The first-order valence-electron chi connectivity index (χ1n) is 4.88. The third-order valence-electron chi connectivity index (χ3n) is 2.51. The standard InChI is InChI=1S/C11H13NO3S/c1-12-7-9-6-8-4-3-5-10(15-2)11(8)16(9,13)14/h3-6,12H,7H2,1-2H3. The predicted octanol–water partition coefficient (Wildman–Crippen LogP) is 1.04. The van der Waals surface area contributed by atoms with Gasteiger partial charge in [-0.3, -0.25) is 0 Å². The van der Waals surface area contributed by atoms with Crippen molar-refractivity contribution in [3.05, 3.63) is 28.7 Å². The van der Waals surface area contributed by atoms with Crippen molar-refractivity contribution in [3.63, 3.8) is 0 Å². The number of sulfone groups is 1. The number of rotatable bonds is 3. The molecule has 16 heavy (non-hydrogen) atoms. The van der Waals surface area contributed by atoms with Crippen LogP contribution in [0.1, 0.15) is 5.56 Å². The van der Waals surface area contributed by atoms with E-state index in [2.05, 4.69) is 5.32 Å². The fourth-order valence-electron chi connectivity index (χ4n) is 1.80. The van der Waals surface area contributed by atoms with E-state index in [0.717, 1.165) is 0 Å². The molecule has 4 nitrogen and oxygen atoms in total. The Bertz CT molecular complexity index is 546. The van der Waals surface area contributed by atoms with Crippen LogP contribution >= 0.6 is 0 Å². The Hall–Kier alpha value is -1.33. The average Bonchev–Trinajstić information content (AvgIpc) is 2.52. The topological polar surface area (TPSA) is 55.4 Å². The maximum absolute atomic E-state index is 12.2. The zero-order chi connectivity index (χ0) is 11.8. The van der Waals surface area contributed by atoms with E-state index < -0.39 is 9.84 Å². The monoisotopic (exact) mass is 239 g/mol. The lowest BCUT2D eigenvalue weighted by atomic mass is 10.2. The van der Waals surface area contributed by atoms with Crippen LogP contribution in [-0.2, 0) is 9.84 Å². The number of hydrogen-bond donors (Lipinski definition) is 1. The molecule has 1 heterocycles. The highest BCUT2D eigenvalue weighted by atomic mass is 32.2. The summed E-state index contributed by atoms with van der Waals surface area (Å²) in [6.07, 6.45) is 1.68. The highest BCUT2D eigenvalue weighted by Crippen LogP contribution is 2.38. The van der Waals surface area contributed by atoms with Crippen molar-refractivity contribution < 1.29 is 13.2 Å². The third kappa shape index (κ3) is 1.52. The highest BCUT2D eigenvalue weighted by molar-refractivity contribution is 7.96. The van der Waals surface area contributed by atoms with Gasteiger partial charge in [0.25, 0.3) is 0 Å². The average molecular weight is 239 g/mol. The van der Waals surface area contributed by atoms with Gasteiger partial charge in [-0.2, -0.15) is 0 Å². The van der Waals surface area contributed by atoms with Crippen LogP contribution in [0.25, 0.3) is 6.08 Å². The van der Waals surface area contributed by atoms with E-state index in [1.807, 2.05) is 0 Å². The normalized spacial score (nSPS) is 16.8. The maximum Gasteiger partial charge on any atom is 0.208 e. The van der Waals surface area contributed by atoms with E-state index in [9.17, 15) is 8.42 Å². The summed E-state index contributed by atoms with van der Waals surface area (Å²) in [5, 5.41) is 2.85. The van der Waals surface area contributed by atoms with Gasteiger partial charge in [0.2, 0.25) is 9.84 Å². The summed E-state index contributed by atoms with van der Waals surface area (Å²) in [5.41, 5.74) is 0.699. The van der Waals surface area contributed by atoms with E-state index in [0.29, 0.717) is 22.8 Å². The van der Waals surface area contributed by atoms with E-state index in [-0.39, 0.29) is 4.90 Å². The molecular formula is C11H13NO3S. The molecule has 0 amide bonds. The van der Waals surface area contributed by atoms with Gasteiger partial charge in [-0.05, 0) is 24.8 Å². The Morgan fingerprint density at radius 1 is 1.38 bits per heavy atom. The molecule has 0 saturated heterocycles. The fraction of sp³-hybridized carbons (Fsp3) is 0.273. The van der Waals surface area contributed by atoms with Crippen molar-refractivity contribution in [2.45, 2.75) is 4.90 Å². The Labute approximate surface area is 94.8 Å². The molecule has 0 spiro atoms. The Morgan fingerprint density at radius 2 is 2.12 bits per heavy atom. The Kier molecular flexibility index (Phi) is 2.73. The molecule has 86 valence electrons. The molecule has 5 heteroatoms. The molecule has 0 saturated carbocycles. The molecule has 0 fully saturated rings. The largest absolute Gasteiger partial charge is 0.495 e. The van der Waals surface area contributed by atoms with E-state index in [4.69, 9.17) is 4.74 Å². The predicted molar refractivity (Wildman–Crippen MR) is 62.1 cm³/mol. The van der Waals surface area contributed by atoms with Crippen molar-refractivity contribution in [1.82, 2.24) is 5.32 Å². The first-order valence-corrected chi connectivity index (χ1v) is 6.37. The summed E-state index contributed by atoms with van der Waals surface area (Å²) in [5.74, 6) is 0.403. The fourth-order valence-corrected chi connectivity index (χ4v) is 3.53. The van der Waals surface area contributed by atoms with Gasteiger partial charge in [-0.1, -0.05) is 12.1 Å². The highest BCUT2D eigenvalue weighted by Gasteiger charge is 2.32. The zero-order valence-electron chi connectivity index (χ0n) is 9.15. The van der Waals surface area contributed by atoms with Crippen LogP contribution in [0.4, 0.5) is 0 Å². The SMILES string of the molecule is CNCC1=Cc2cccc(OC)c2S1(=O)=O. The molecule has 2 rings (SSSR count). The van der Waals surface area contributed by atoms with Gasteiger partial charge in [0, 0.05) is 6.54 Å². The van der Waals surface area contributed by atoms with Gasteiger partial charge in [0.15, 0.2) is 0 Å². The molecule has 1 aliphatic rings. The number of methoxy groups -OCH3 is 1. The lowest BCUT2D eigenvalue weighted by Gasteiger charge is -2.07. The number of ether oxygens (including phenoxy) is 1. The number of nitrogens with one attached hydrogen (secondary N) is 1. The Balaban J connectivity index is 2.62. The van der Waals surface area contributed by atoms with Gasteiger partial charge >= 0.3 is 0 Å². The molecule has 0 unspecified atom stereocenters. The molecule has 1 aromatic carbocycles. The number of benzene rings is 1. The second-order valence-corrected chi connectivity index (χ2v) is 5.46. The number of hydrogen-bond acceptors (Lipinski definition) is 4. The quantitative estimate of drug-likeness (QED) is 0.856. The molecule has 0 aliphatic carbocycles. The van der Waals surface area contributed by atoms with Gasteiger partial charge in [-0.25, -0.2) is 8.42 Å². The number of likely N-dealkylation sites (N-methyl/N-ethyl adjacent to an activating group) is 1. The number of fused-ring (bicyclic) bond motifs is 1. The second-order valence-electron chi connectivity index (χ2n) is 3.52. The minimum atomic E-state index is -3.38. The van der Waals surface area contributed by atoms with Gasteiger partial charge in [-0.15, -0.1) is 0 Å².